The zero-order valence-corrected chi connectivity index (χ0v) is 13.9. The molecule has 1 aliphatic rings. The number of nitrogens with zero attached hydrogens (tertiary/aromatic N) is 1. The lowest BCUT2D eigenvalue weighted by atomic mass is 9.97. The standard InChI is InChI=1S/C16H17N3O.2ClH/c1-11-7-9-17-10-15(11)19-16(20)13-4-2-6-14-12(13)5-3-8-18-14;;/h2,4,6-7,9-10,18H,3,5,8H2,1H3,(H,19,20);2*1H. The minimum absolute atomic E-state index is 0. The van der Waals surface area contributed by atoms with Gasteiger partial charge in [-0.3, -0.25) is 9.78 Å². The molecule has 1 aromatic carbocycles. The third kappa shape index (κ3) is 3.70. The molecular formula is C16H19Cl2N3O. The molecule has 2 heterocycles. The van der Waals surface area contributed by atoms with Gasteiger partial charge in [0.15, 0.2) is 0 Å². The van der Waals surface area contributed by atoms with Gasteiger partial charge in [0.1, 0.15) is 0 Å². The van der Waals surface area contributed by atoms with Crippen molar-refractivity contribution in [3.8, 4) is 0 Å². The highest BCUT2D eigenvalue weighted by molar-refractivity contribution is 6.06. The van der Waals surface area contributed by atoms with Crippen molar-refractivity contribution in [1.29, 1.82) is 0 Å². The van der Waals surface area contributed by atoms with Crippen LogP contribution in [0.2, 0.25) is 0 Å². The number of fused-ring (bicyclic) bond motifs is 1. The summed E-state index contributed by atoms with van der Waals surface area (Å²) >= 11 is 0. The Labute approximate surface area is 142 Å². The highest BCUT2D eigenvalue weighted by Gasteiger charge is 2.17. The smallest absolute Gasteiger partial charge is 0.256 e. The second kappa shape index (κ2) is 8.01. The van der Waals surface area contributed by atoms with Gasteiger partial charge in [0.25, 0.3) is 5.91 Å². The number of halogens is 2. The number of nitrogens with one attached hydrogen (secondary N) is 2. The van der Waals surface area contributed by atoms with Crippen molar-refractivity contribution >= 4 is 42.1 Å². The van der Waals surface area contributed by atoms with Crippen molar-refractivity contribution in [3.05, 3.63) is 53.3 Å². The molecule has 3 rings (SSSR count). The number of aryl methyl sites for hydroxylation is 1. The van der Waals surface area contributed by atoms with Gasteiger partial charge in [-0.25, -0.2) is 0 Å². The van der Waals surface area contributed by atoms with Gasteiger partial charge < -0.3 is 10.6 Å². The van der Waals surface area contributed by atoms with Gasteiger partial charge in [0.05, 0.1) is 11.9 Å². The second-order valence-electron chi connectivity index (χ2n) is 5.01. The summed E-state index contributed by atoms with van der Waals surface area (Å²) in [7, 11) is 0. The lowest BCUT2D eigenvalue weighted by molar-refractivity contribution is 0.102. The van der Waals surface area contributed by atoms with E-state index in [1.54, 1.807) is 12.4 Å². The van der Waals surface area contributed by atoms with E-state index in [1.165, 1.54) is 0 Å². The number of aromatic nitrogens is 1. The van der Waals surface area contributed by atoms with E-state index in [4.69, 9.17) is 0 Å². The topological polar surface area (TPSA) is 54.0 Å². The molecule has 0 bridgehead atoms. The molecule has 0 spiro atoms. The fraction of sp³-hybridized carbons (Fsp3) is 0.250. The molecule has 0 fully saturated rings. The predicted octanol–water partition coefficient (Wildman–Crippen LogP) is 3.84. The molecule has 4 nitrogen and oxygen atoms in total. The number of hydrogen-bond donors (Lipinski definition) is 2. The summed E-state index contributed by atoms with van der Waals surface area (Å²) in [4.78, 5) is 16.5. The normalized spacial score (nSPS) is 12.0. The van der Waals surface area contributed by atoms with Gasteiger partial charge in [-0.15, -0.1) is 24.8 Å². The van der Waals surface area contributed by atoms with Gasteiger partial charge in [-0.1, -0.05) is 6.07 Å². The van der Waals surface area contributed by atoms with Crippen LogP contribution in [0.15, 0.2) is 36.7 Å². The average molecular weight is 340 g/mol. The lowest BCUT2D eigenvalue weighted by Crippen LogP contribution is -2.19. The summed E-state index contributed by atoms with van der Waals surface area (Å²) in [6, 6.07) is 7.72. The first-order valence-electron chi connectivity index (χ1n) is 6.83. The Morgan fingerprint density at radius 2 is 2.09 bits per heavy atom. The molecule has 6 heteroatoms. The van der Waals surface area contributed by atoms with Gasteiger partial charge >= 0.3 is 0 Å². The Hall–Kier alpha value is -1.78. The molecular weight excluding hydrogens is 321 g/mol. The summed E-state index contributed by atoms with van der Waals surface area (Å²) in [5.74, 6) is -0.0679. The van der Waals surface area contributed by atoms with Crippen LogP contribution in [0.1, 0.15) is 27.9 Å². The number of rotatable bonds is 2. The SMILES string of the molecule is Cc1ccncc1NC(=O)c1cccc2c1CCCN2.Cl.Cl. The molecule has 1 amide bonds. The maximum atomic E-state index is 12.5. The Bertz CT molecular complexity index is 662. The van der Waals surface area contributed by atoms with Crippen LogP contribution in [0, 0.1) is 6.92 Å². The first kappa shape index (κ1) is 18.3. The van der Waals surface area contributed by atoms with Crippen LogP contribution in [0.25, 0.3) is 0 Å². The molecule has 0 atom stereocenters. The molecule has 0 saturated carbocycles. The highest BCUT2D eigenvalue weighted by atomic mass is 35.5. The lowest BCUT2D eigenvalue weighted by Gasteiger charge is -2.20. The maximum absolute atomic E-state index is 12.5. The number of amides is 1. The van der Waals surface area contributed by atoms with E-state index >= 15 is 0 Å². The predicted molar refractivity (Wildman–Crippen MR) is 94.7 cm³/mol. The van der Waals surface area contributed by atoms with E-state index in [0.29, 0.717) is 0 Å². The summed E-state index contributed by atoms with van der Waals surface area (Å²) < 4.78 is 0. The molecule has 0 radical (unpaired) electrons. The van der Waals surface area contributed by atoms with Crippen LogP contribution >= 0.6 is 24.8 Å². The number of carbonyl (C=O) groups excluding carboxylic acids is 1. The largest absolute Gasteiger partial charge is 0.385 e. The summed E-state index contributed by atoms with van der Waals surface area (Å²) in [6.45, 7) is 2.93. The van der Waals surface area contributed by atoms with Crippen molar-refractivity contribution in [2.75, 3.05) is 17.2 Å². The Morgan fingerprint density at radius 3 is 2.86 bits per heavy atom. The monoisotopic (exact) mass is 339 g/mol. The van der Waals surface area contributed by atoms with Crippen LogP contribution in [-0.4, -0.2) is 17.4 Å². The summed E-state index contributed by atoms with van der Waals surface area (Å²) in [5, 5.41) is 6.29. The molecule has 118 valence electrons. The third-order valence-corrected chi connectivity index (χ3v) is 3.63. The van der Waals surface area contributed by atoms with Crippen molar-refractivity contribution in [1.82, 2.24) is 4.98 Å². The molecule has 0 aliphatic carbocycles. The minimum Gasteiger partial charge on any atom is -0.385 e. The van der Waals surface area contributed by atoms with Gasteiger partial charge in [0, 0.05) is 24.0 Å². The Kier molecular flexibility index (Phi) is 6.65. The molecule has 1 aromatic heterocycles. The van der Waals surface area contributed by atoms with Gasteiger partial charge in [0.2, 0.25) is 0 Å². The number of anilines is 2. The first-order valence-corrected chi connectivity index (χ1v) is 6.83. The number of carbonyl (C=O) groups is 1. The minimum atomic E-state index is -0.0679. The first-order chi connectivity index (χ1) is 9.75. The van der Waals surface area contributed by atoms with Crippen LogP contribution in [0.5, 0.6) is 0 Å². The van der Waals surface area contributed by atoms with E-state index in [-0.39, 0.29) is 30.7 Å². The fourth-order valence-electron chi connectivity index (χ4n) is 2.51. The highest BCUT2D eigenvalue weighted by Crippen LogP contribution is 2.26. The number of benzene rings is 1. The quantitative estimate of drug-likeness (QED) is 0.873. The van der Waals surface area contributed by atoms with E-state index in [2.05, 4.69) is 15.6 Å². The third-order valence-electron chi connectivity index (χ3n) is 3.63. The van der Waals surface area contributed by atoms with Crippen molar-refractivity contribution < 1.29 is 4.79 Å². The molecule has 2 N–H and O–H groups in total. The van der Waals surface area contributed by atoms with E-state index in [9.17, 15) is 4.79 Å². The van der Waals surface area contributed by atoms with Crippen LogP contribution < -0.4 is 10.6 Å². The Morgan fingerprint density at radius 1 is 1.27 bits per heavy atom. The molecule has 0 unspecified atom stereocenters. The summed E-state index contributed by atoms with van der Waals surface area (Å²) in [5.41, 5.74) is 4.71. The molecule has 2 aromatic rings. The zero-order chi connectivity index (χ0) is 13.9. The van der Waals surface area contributed by atoms with Crippen molar-refractivity contribution in [2.45, 2.75) is 19.8 Å². The Balaban J connectivity index is 0.00000121. The van der Waals surface area contributed by atoms with Gasteiger partial charge in [-0.05, 0) is 49.1 Å². The molecule has 22 heavy (non-hydrogen) atoms. The number of pyridine rings is 1. The van der Waals surface area contributed by atoms with Crippen molar-refractivity contribution in [2.24, 2.45) is 0 Å². The second-order valence-corrected chi connectivity index (χ2v) is 5.01. The average Bonchev–Trinajstić information content (AvgIpc) is 2.49. The fourth-order valence-corrected chi connectivity index (χ4v) is 2.51. The maximum Gasteiger partial charge on any atom is 0.256 e. The van der Waals surface area contributed by atoms with Crippen LogP contribution in [0.3, 0.4) is 0 Å². The van der Waals surface area contributed by atoms with E-state index in [1.807, 2.05) is 31.2 Å². The number of hydrogen-bond acceptors (Lipinski definition) is 3. The van der Waals surface area contributed by atoms with Gasteiger partial charge in [-0.2, -0.15) is 0 Å². The molecule has 1 aliphatic heterocycles. The van der Waals surface area contributed by atoms with E-state index < -0.39 is 0 Å². The molecule has 0 saturated heterocycles. The summed E-state index contributed by atoms with van der Waals surface area (Å²) in [6.07, 6.45) is 5.40. The van der Waals surface area contributed by atoms with Crippen LogP contribution in [-0.2, 0) is 6.42 Å². The zero-order valence-electron chi connectivity index (χ0n) is 12.3. The van der Waals surface area contributed by atoms with Crippen molar-refractivity contribution in [3.63, 3.8) is 0 Å². The van der Waals surface area contributed by atoms with Crippen LogP contribution in [0.4, 0.5) is 11.4 Å². The van der Waals surface area contributed by atoms with E-state index in [0.717, 1.165) is 47.5 Å².